The van der Waals surface area contributed by atoms with Gasteiger partial charge in [-0.3, -0.25) is 4.79 Å². The number of hydrogen-bond acceptors (Lipinski definition) is 12. The Labute approximate surface area is 219 Å². The molecule has 1 saturated heterocycles. The first-order chi connectivity index (χ1) is 17.9. The van der Waals surface area contributed by atoms with E-state index in [1.54, 1.807) is 19.1 Å². The van der Waals surface area contributed by atoms with Crippen LogP contribution < -0.4 is 32.2 Å². The lowest BCUT2D eigenvalue weighted by Crippen LogP contribution is -2.78. The Morgan fingerprint density at radius 1 is 1.29 bits per heavy atom. The molecule has 1 aromatic rings. The van der Waals surface area contributed by atoms with Crippen LogP contribution in [0.2, 0.25) is 0 Å². The van der Waals surface area contributed by atoms with Gasteiger partial charge in [-0.15, -0.1) is 0 Å². The van der Waals surface area contributed by atoms with Crippen molar-refractivity contribution in [3.8, 4) is 5.75 Å². The maximum atomic E-state index is 13.5. The van der Waals surface area contributed by atoms with E-state index >= 15 is 0 Å². The van der Waals surface area contributed by atoms with Gasteiger partial charge in [-0.2, -0.15) is 0 Å². The van der Waals surface area contributed by atoms with Gasteiger partial charge in [0.15, 0.2) is 17.6 Å². The fourth-order valence-electron chi connectivity index (χ4n) is 5.81. The minimum Gasteiger partial charge on any atom is -0.492 e. The van der Waals surface area contributed by atoms with Crippen molar-refractivity contribution in [2.45, 2.75) is 62.2 Å². The van der Waals surface area contributed by atoms with E-state index in [9.17, 15) is 19.8 Å². The number of guanidine groups is 2. The van der Waals surface area contributed by atoms with Crippen LogP contribution >= 0.6 is 0 Å². The number of benzene rings is 1. The smallest absolute Gasteiger partial charge is 0.407 e. The highest BCUT2D eigenvalue weighted by molar-refractivity contribution is 5.98. The van der Waals surface area contributed by atoms with E-state index in [2.05, 4.69) is 39.8 Å². The molecular weight excluding hydrogens is 496 g/mol. The number of para-hydroxylation sites is 1. The summed E-state index contributed by atoms with van der Waals surface area (Å²) in [5.41, 5.74) is 11.5. The van der Waals surface area contributed by atoms with Gasteiger partial charge in [0, 0.05) is 18.7 Å². The number of hydrogen-bond donors (Lipinski definition) is 7. The van der Waals surface area contributed by atoms with Crippen LogP contribution in [0, 0.1) is 0 Å². The number of nitrogens with one attached hydrogen (secondary N) is 3. The van der Waals surface area contributed by atoms with Crippen LogP contribution in [-0.4, -0.2) is 94.9 Å². The number of aliphatic hydroxyl groups is 2. The van der Waals surface area contributed by atoms with Crippen LogP contribution in [0.1, 0.15) is 43.1 Å². The van der Waals surface area contributed by atoms with Crippen molar-refractivity contribution in [1.29, 1.82) is 0 Å². The van der Waals surface area contributed by atoms with Crippen LogP contribution in [0.4, 0.5) is 4.79 Å². The van der Waals surface area contributed by atoms with Crippen molar-refractivity contribution in [1.82, 2.24) is 20.9 Å². The van der Waals surface area contributed by atoms with Gasteiger partial charge in [0.05, 0.1) is 24.8 Å². The number of rotatable bonds is 5. The van der Waals surface area contributed by atoms with Crippen LogP contribution in [0.15, 0.2) is 28.2 Å². The summed E-state index contributed by atoms with van der Waals surface area (Å²) in [4.78, 5) is 35.6. The number of amides is 2. The number of nitrogens with two attached hydrogens (primary N) is 2. The lowest BCUT2D eigenvalue weighted by molar-refractivity contribution is -0.230. The molecule has 4 aliphatic heterocycles. The second kappa shape index (κ2) is 8.91. The summed E-state index contributed by atoms with van der Waals surface area (Å²) in [6.45, 7) is 6.34. The molecule has 4 heterocycles. The second-order valence-corrected chi connectivity index (χ2v) is 10.5. The van der Waals surface area contributed by atoms with Gasteiger partial charge in [-0.1, -0.05) is 26.0 Å². The Bertz CT molecular complexity index is 1220. The highest BCUT2D eigenvalue weighted by Gasteiger charge is 2.73. The van der Waals surface area contributed by atoms with Crippen LogP contribution in [0.5, 0.6) is 5.75 Å². The first kappa shape index (κ1) is 25.9. The maximum absolute atomic E-state index is 13.5. The second-order valence-electron chi connectivity index (χ2n) is 10.5. The van der Waals surface area contributed by atoms with Gasteiger partial charge >= 0.3 is 6.09 Å². The molecule has 0 aliphatic carbocycles. The summed E-state index contributed by atoms with van der Waals surface area (Å²) in [5, 5.41) is 31.4. The average molecular weight is 531 g/mol. The molecular formula is C24H34N8O6. The molecule has 5 rings (SSSR count). The van der Waals surface area contributed by atoms with E-state index in [0.717, 1.165) is 12.0 Å². The first-order valence-electron chi connectivity index (χ1n) is 12.6. The summed E-state index contributed by atoms with van der Waals surface area (Å²) in [5.74, 6) is -2.74. The number of fused-ring (bicyclic) bond motifs is 1. The zero-order chi connectivity index (χ0) is 27.5. The zero-order valence-corrected chi connectivity index (χ0v) is 21.5. The van der Waals surface area contributed by atoms with Crippen LogP contribution in [0.3, 0.4) is 0 Å². The monoisotopic (exact) mass is 530 g/mol. The molecule has 2 amide bonds. The largest absolute Gasteiger partial charge is 0.492 e. The average Bonchev–Trinajstić information content (AvgIpc) is 3.32. The van der Waals surface area contributed by atoms with Gasteiger partial charge in [-0.25, -0.2) is 14.8 Å². The first-order valence-corrected chi connectivity index (χ1v) is 12.6. The predicted molar refractivity (Wildman–Crippen MR) is 136 cm³/mol. The van der Waals surface area contributed by atoms with E-state index in [4.69, 9.17) is 20.9 Å². The van der Waals surface area contributed by atoms with Crippen molar-refractivity contribution in [3.05, 3.63) is 29.3 Å². The molecule has 4 aliphatic rings. The predicted octanol–water partition coefficient (Wildman–Crippen LogP) is -1.73. The number of aliphatic imine (C=N–C) groups is 2. The van der Waals surface area contributed by atoms with E-state index in [-0.39, 0.29) is 37.0 Å². The molecule has 14 heteroatoms. The Balaban J connectivity index is 1.43. The molecule has 0 unspecified atom stereocenters. The number of nitrogens with zero attached hydrogens (tertiary/aromatic N) is 3. The van der Waals surface area contributed by atoms with E-state index in [1.807, 2.05) is 6.07 Å². The lowest BCUT2D eigenvalue weighted by atomic mass is 9.79. The quantitative estimate of drug-likeness (QED) is 0.214. The molecule has 206 valence electrons. The van der Waals surface area contributed by atoms with Gasteiger partial charge < -0.3 is 52.0 Å². The Morgan fingerprint density at radius 2 is 2.05 bits per heavy atom. The maximum Gasteiger partial charge on any atom is 0.407 e. The lowest BCUT2D eigenvalue weighted by Gasteiger charge is -2.48. The molecule has 4 atom stereocenters. The molecule has 0 radical (unpaired) electrons. The Kier molecular flexibility index (Phi) is 6.06. The summed E-state index contributed by atoms with van der Waals surface area (Å²) in [6, 6.07) is 2.37. The van der Waals surface area contributed by atoms with Crippen molar-refractivity contribution >= 4 is 23.9 Å². The third-order valence-electron chi connectivity index (χ3n) is 7.80. The van der Waals surface area contributed by atoms with E-state index < -0.39 is 41.6 Å². The number of alkyl carbamates (subject to hydrolysis) is 1. The summed E-state index contributed by atoms with van der Waals surface area (Å²) in [7, 11) is 0. The highest BCUT2D eigenvalue weighted by Crippen LogP contribution is 2.45. The van der Waals surface area contributed by atoms with Gasteiger partial charge in [0.1, 0.15) is 17.8 Å². The molecule has 38 heavy (non-hydrogen) atoms. The van der Waals surface area contributed by atoms with Crippen LogP contribution in [0.25, 0.3) is 0 Å². The normalized spacial score (nSPS) is 29.9. The van der Waals surface area contributed by atoms with Crippen molar-refractivity contribution in [2.24, 2.45) is 21.5 Å². The van der Waals surface area contributed by atoms with Crippen molar-refractivity contribution < 1.29 is 29.3 Å². The minimum atomic E-state index is -2.60. The molecule has 0 saturated carbocycles. The SMILES string of the molecule is CCOC(=O)NC[C@@H]1N=C(N)N2C[C@H](NC(=O)c3cccc4c3OCCC4(C)C)C(O)(O)[C@@]23NC(N)=N[C@@H]13. The number of carbonyl (C=O) groups is 2. The van der Waals surface area contributed by atoms with E-state index in [0.29, 0.717) is 17.9 Å². The highest BCUT2D eigenvalue weighted by atomic mass is 16.5. The number of carbonyl (C=O) groups excluding carboxylic acids is 2. The molecule has 1 aromatic carbocycles. The zero-order valence-electron chi connectivity index (χ0n) is 21.5. The van der Waals surface area contributed by atoms with Crippen molar-refractivity contribution in [2.75, 3.05) is 26.3 Å². The summed E-state index contributed by atoms with van der Waals surface area (Å²) in [6.07, 6.45) is 0.147. The fraction of sp³-hybridized carbons (Fsp3) is 0.583. The van der Waals surface area contributed by atoms with Crippen molar-refractivity contribution in [3.63, 3.8) is 0 Å². The Hall–Kier alpha value is -3.78. The minimum absolute atomic E-state index is 0.0271. The summed E-state index contributed by atoms with van der Waals surface area (Å²) >= 11 is 0. The topological polar surface area (TPSA) is 209 Å². The summed E-state index contributed by atoms with van der Waals surface area (Å²) < 4.78 is 10.8. The fourth-order valence-corrected chi connectivity index (χ4v) is 5.81. The van der Waals surface area contributed by atoms with Gasteiger partial charge in [0.2, 0.25) is 5.79 Å². The van der Waals surface area contributed by atoms with Gasteiger partial charge in [0.25, 0.3) is 5.91 Å². The third kappa shape index (κ3) is 3.77. The molecule has 0 aromatic heterocycles. The molecule has 14 nitrogen and oxygen atoms in total. The number of ether oxygens (including phenoxy) is 2. The third-order valence-corrected chi connectivity index (χ3v) is 7.80. The van der Waals surface area contributed by atoms with Gasteiger partial charge in [-0.05, 0) is 24.8 Å². The molecule has 0 bridgehead atoms. The Morgan fingerprint density at radius 3 is 2.79 bits per heavy atom. The van der Waals surface area contributed by atoms with E-state index in [1.165, 1.54) is 4.90 Å². The molecule has 9 N–H and O–H groups in total. The molecule has 1 fully saturated rings. The van der Waals surface area contributed by atoms with Crippen LogP contribution in [-0.2, 0) is 10.2 Å². The molecule has 1 spiro atoms. The standard InChI is InChI=1S/C24H34N8O6/c1-4-37-21(34)27-10-14-17-23(31-19(25)30-17)24(35,36)15(11-32(23)20(26)28-14)29-18(33)12-6-5-7-13-16(12)38-9-8-22(13,2)3/h5-7,14-15,17,35-36H,4,8-11H2,1-3H3,(H2,26,28)(H,27,34)(H,29,33)(H3,25,30,31)/t14-,15-,17-,23-/m0/s1.